The van der Waals surface area contributed by atoms with Crippen LogP contribution in [0.2, 0.25) is 0 Å². The van der Waals surface area contributed by atoms with Gasteiger partial charge in [-0.15, -0.1) is 0 Å². The molecule has 1 N–H and O–H groups in total. The Morgan fingerprint density at radius 1 is 1.44 bits per heavy atom. The fourth-order valence-electron chi connectivity index (χ4n) is 2.08. The highest BCUT2D eigenvalue weighted by molar-refractivity contribution is 4.93. The standard InChI is InChI=1S/C12H21N3O/c1-3-9(2)12-14-11(16-15-12)8-13-10-6-4-5-7-10/h9-10,13H,3-8H2,1-2H3. The van der Waals surface area contributed by atoms with Crippen LogP contribution in [0.4, 0.5) is 0 Å². The van der Waals surface area contributed by atoms with E-state index in [9.17, 15) is 0 Å². The number of nitrogens with zero attached hydrogens (tertiary/aromatic N) is 2. The van der Waals surface area contributed by atoms with Crippen molar-refractivity contribution in [3.63, 3.8) is 0 Å². The molecule has 0 aliphatic heterocycles. The van der Waals surface area contributed by atoms with Gasteiger partial charge in [-0.3, -0.25) is 0 Å². The monoisotopic (exact) mass is 223 g/mol. The van der Waals surface area contributed by atoms with Crippen LogP contribution in [0.5, 0.6) is 0 Å². The Morgan fingerprint density at radius 2 is 2.19 bits per heavy atom. The van der Waals surface area contributed by atoms with Gasteiger partial charge in [-0.1, -0.05) is 31.8 Å². The minimum atomic E-state index is 0.393. The SMILES string of the molecule is CCC(C)c1noc(CNC2CCCC2)n1. The minimum absolute atomic E-state index is 0.393. The van der Waals surface area contributed by atoms with Crippen molar-refractivity contribution in [1.82, 2.24) is 15.5 Å². The zero-order valence-electron chi connectivity index (χ0n) is 10.2. The summed E-state index contributed by atoms with van der Waals surface area (Å²) in [5.74, 6) is 1.96. The van der Waals surface area contributed by atoms with Gasteiger partial charge in [0.05, 0.1) is 6.54 Å². The van der Waals surface area contributed by atoms with Crippen molar-refractivity contribution >= 4 is 0 Å². The molecule has 0 aromatic carbocycles. The van der Waals surface area contributed by atoms with Crippen LogP contribution in [0.3, 0.4) is 0 Å². The van der Waals surface area contributed by atoms with Gasteiger partial charge in [0.25, 0.3) is 0 Å². The fourth-order valence-corrected chi connectivity index (χ4v) is 2.08. The van der Waals surface area contributed by atoms with Crippen LogP contribution in [0.25, 0.3) is 0 Å². The van der Waals surface area contributed by atoms with Crippen molar-refractivity contribution in [3.8, 4) is 0 Å². The molecule has 90 valence electrons. The zero-order valence-corrected chi connectivity index (χ0v) is 10.2. The summed E-state index contributed by atoms with van der Waals surface area (Å²) >= 11 is 0. The van der Waals surface area contributed by atoms with E-state index in [1.165, 1.54) is 25.7 Å². The second-order valence-electron chi connectivity index (χ2n) is 4.72. The van der Waals surface area contributed by atoms with Crippen LogP contribution in [-0.2, 0) is 6.54 Å². The molecule has 2 rings (SSSR count). The maximum atomic E-state index is 5.22. The lowest BCUT2D eigenvalue weighted by atomic mass is 10.1. The van der Waals surface area contributed by atoms with Crippen LogP contribution in [-0.4, -0.2) is 16.2 Å². The average Bonchev–Trinajstić information content (AvgIpc) is 2.96. The van der Waals surface area contributed by atoms with Gasteiger partial charge in [-0.05, 0) is 19.3 Å². The van der Waals surface area contributed by atoms with Crippen molar-refractivity contribution in [2.45, 2.75) is 64.5 Å². The van der Waals surface area contributed by atoms with Crippen LogP contribution >= 0.6 is 0 Å². The molecule has 1 aliphatic rings. The second kappa shape index (κ2) is 5.43. The Balaban J connectivity index is 1.82. The summed E-state index contributed by atoms with van der Waals surface area (Å²) in [6, 6.07) is 0.652. The smallest absolute Gasteiger partial charge is 0.240 e. The summed E-state index contributed by atoms with van der Waals surface area (Å²) in [7, 11) is 0. The molecular formula is C12H21N3O. The summed E-state index contributed by atoms with van der Waals surface area (Å²) in [5.41, 5.74) is 0. The first-order valence-corrected chi connectivity index (χ1v) is 6.35. The quantitative estimate of drug-likeness (QED) is 0.833. The van der Waals surface area contributed by atoms with E-state index in [2.05, 4.69) is 29.3 Å². The van der Waals surface area contributed by atoms with Gasteiger partial charge in [0.15, 0.2) is 5.82 Å². The molecule has 0 amide bonds. The molecule has 0 bridgehead atoms. The molecule has 1 fully saturated rings. The van der Waals surface area contributed by atoms with Gasteiger partial charge < -0.3 is 9.84 Å². The second-order valence-corrected chi connectivity index (χ2v) is 4.72. The summed E-state index contributed by atoms with van der Waals surface area (Å²) < 4.78 is 5.22. The van der Waals surface area contributed by atoms with Crippen molar-refractivity contribution < 1.29 is 4.52 Å². The van der Waals surface area contributed by atoms with Crippen LogP contribution < -0.4 is 5.32 Å². The highest BCUT2D eigenvalue weighted by atomic mass is 16.5. The van der Waals surface area contributed by atoms with E-state index in [1.807, 2.05) is 0 Å². The van der Waals surface area contributed by atoms with Gasteiger partial charge in [0.1, 0.15) is 0 Å². The number of hydrogen-bond acceptors (Lipinski definition) is 4. The van der Waals surface area contributed by atoms with Crippen LogP contribution in [0, 0.1) is 0 Å². The van der Waals surface area contributed by atoms with E-state index in [0.717, 1.165) is 18.1 Å². The van der Waals surface area contributed by atoms with Crippen LogP contribution in [0.15, 0.2) is 4.52 Å². The third-order valence-electron chi connectivity index (χ3n) is 3.43. The number of hydrogen-bond donors (Lipinski definition) is 1. The largest absolute Gasteiger partial charge is 0.338 e. The lowest BCUT2D eigenvalue weighted by Gasteiger charge is -2.08. The van der Waals surface area contributed by atoms with E-state index >= 15 is 0 Å². The van der Waals surface area contributed by atoms with E-state index in [4.69, 9.17) is 4.52 Å². The first kappa shape index (κ1) is 11.6. The Kier molecular flexibility index (Phi) is 3.93. The lowest BCUT2D eigenvalue weighted by Crippen LogP contribution is -2.25. The first-order chi connectivity index (χ1) is 7.79. The lowest BCUT2D eigenvalue weighted by molar-refractivity contribution is 0.351. The molecule has 16 heavy (non-hydrogen) atoms. The molecule has 1 aromatic heterocycles. The predicted molar refractivity (Wildman–Crippen MR) is 62.1 cm³/mol. The Labute approximate surface area is 96.8 Å². The summed E-state index contributed by atoms with van der Waals surface area (Å²) in [6.45, 7) is 4.98. The Hall–Kier alpha value is -0.900. The maximum Gasteiger partial charge on any atom is 0.240 e. The van der Waals surface area contributed by atoms with Crippen molar-refractivity contribution in [1.29, 1.82) is 0 Å². The highest BCUT2D eigenvalue weighted by Crippen LogP contribution is 2.18. The molecule has 1 aliphatic carbocycles. The van der Waals surface area contributed by atoms with E-state index in [0.29, 0.717) is 18.5 Å². The third-order valence-corrected chi connectivity index (χ3v) is 3.43. The van der Waals surface area contributed by atoms with Gasteiger partial charge in [-0.2, -0.15) is 4.98 Å². The van der Waals surface area contributed by atoms with Crippen molar-refractivity contribution in [2.24, 2.45) is 0 Å². The van der Waals surface area contributed by atoms with E-state index in [-0.39, 0.29) is 0 Å². The van der Waals surface area contributed by atoms with Crippen LogP contribution in [0.1, 0.15) is 63.6 Å². The van der Waals surface area contributed by atoms with Crippen molar-refractivity contribution in [3.05, 3.63) is 11.7 Å². The molecule has 1 heterocycles. The normalized spacial score (nSPS) is 19.1. The van der Waals surface area contributed by atoms with Gasteiger partial charge >= 0.3 is 0 Å². The summed E-state index contributed by atoms with van der Waals surface area (Å²) in [4.78, 5) is 4.40. The summed E-state index contributed by atoms with van der Waals surface area (Å²) in [5, 5.41) is 7.48. The Bertz CT molecular complexity index is 318. The van der Waals surface area contributed by atoms with Gasteiger partial charge in [0.2, 0.25) is 5.89 Å². The zero-order chi connectivity index (χ0) is 11.4. The topological polar surface area (TPSA) is 51.0 Å². The molecule has 0 radical (unpaired) electrons. The molecule has 1 atom stereocenters. The van der Waals surface area contributed by atoms with Crippen molar-refractivity contribution in [2.75, 3.05) is 0 Å². The Morgan fingerprint density at radius 3 is 2.88 bits per heavy atom. The fraction of sp³-hybridized carbons (Fsp3) is 0.833. The first-order valence-electron chi connectivity index (χ1n) is 6.35. The highest BCUT2D eigenvalue weighted by Gasteiger charge is 2.16. The molecule has 0 spiro atoms. The molecule has 1 aromatic rings. The molecular weight excluding hydrogens is 202 g/mol. The molecule has 0 saturated heterocycles. The van der Waals surface area contributed by atoms with E-state index in [1.54, 1.807) is 0 Å². The van der Waals surface area contributed by atoms with Gasteiger partial charge in [-0.25, -0.2) is 0 Å². The molecule has 1 unspecified atom stereocenters. The average molecular weight is 223 g/mol. The number of aromatic nitrogens is 2. The maximum absolute atomic E-state index is 5.22. The number of rotatable bonds is 5. The molecule has 4 heteroatoms. The molecule has 4 nitrogen and oxygen atoms in total. The van der Waals surface area contributed by atoms with E-state index < -0.39 is 0 Å². The van der Waals surface area contributed by atoms with Gasteiger partial charge in [0, 0.05) is 12.0 Å². The minimum Gasteiger partial charge on any atom is -0.338 e. The molecule has 1 saturated carbocycles. The number of nitrogens with one attached hydrogen (secondary N) is 1. The predicted octanol–water partition coefficient (Wildman–Crippen LogP) is 2.62. The third kappa shape index (κ3) is 2.82. The summed E-state index contributed by atoms with van der Waals surface area (Å²) in [6.07, 6.45) is 6.31.